The molecule has 408 valence electrons. The second-order valence-electron chi connectivity index (χ2n) is 16.5. The number of aromatic hydroxyl groups is 1. The Kier molecular flexibility index (Phi) is 15.8. The smallest absolute Gasteiger partial charge is 0.296 e. The average Bonchev–Trinajstić information content (AvgIpc) is 3.51. The van der Waals surface area contributed by atoms with Gasteiger partial charge >= 0.3 is 0 Å². The molecule has 0 saturated heterocycles. The van der Waals surface area contributed by atoms with Crippen LogP contribution in [0.25, 0.3) is 21.5 Å². The third-order valence-corrected chi connectivity index (χ3v) is 14.9. The quantitative estimate of drug-likeness (QED) is 0.0343. The molecule has 0 atom stereocenters. The number of fused-ring (bicyclic) bond motifs is 2. The lowest BCUT2D eigenvalue weighted by atomic mass is 10.1. The second-order valence-corrected chi connectivity index (χ2v) is 22.1. The van der Waals surface area contributed by atoms with Gasteiger partial charge < -0.3 is 29.4 Å². The molecule has 0 aliphatic carbocycles. The predicted octanol–water partition coefficient (Wildman–Crippen LogP) is 12.4. The first-order valence-corrected chi connectivity index (χ1v) is 28.0. The van der Waals surface area contributed by atoms with Gasteiger partial charge in [0.2, 0.25) is 0 Å². The second kappa shape index (κ2) is 22.2. The maximum absolute atomic E-state index is 12.7. The van der Waals surface area contributed by atoms with Crippen molar-refractivity contribution in [2.45, 2.75) is 26.5 Å². The van der Waals surface area contributed by atoms with E-state index in [9.17, 15) is 57.0 Å². The summed E-state index contributed by atoms with van der Waals surface area (Å²) in [5.41, 5.74) is 2.32. The number of nitrogens with one attached hydrogen (secondary N) is 1. The molecule has 0 fully saturated rings. The van der Waals surface area contributed by atoms with Crippen molar-refractivity contribution in [3.8, 4) is 28.7 Å². The summed E-state index contributed by atoms with van der Waals surface area (Å²) in [4.78, 5) is -3.93. The summed E-state index contributed by atoms with van der Waals surface area (Å²) in [7, 11) is -15.0. The summed E-state index contributed by atoms with van der Waals surface area (Å²) < 4.78 is 160. The first kappa shape index (κ1) is 56.3. The van der Waals surface area contributed by atoms with Gasteiger partial charge in [0.25, 0.3) is 40.5 Å². The van der Waals surface area contributed by atoms with Crippen LogP contribution in [-0.2, 0) is 40.5 Å². The number of aryl methyl sites for hydroxylation is 1. The lowest BCUT2D eigenvalue weighted by Crippen LogP contribution is -2.07. The minimum absolute atomic E-state index is 0.0281. The molecule has 30 heteroatoms. The molecule has 8 aromatic rings. The lowest BCUT2D eigenvalue weighted by molar-refractivity contribution is 0.405. The van der Waals surface area contributed by atoms with Gasteiger partial charge in [-0.25, -0.2) is 0 Å². The van der Waals surface area contributed by atoms with Crippen molar-refractivity contribution in [1.82, 2.24) is 0 Å². The molecule has 0 amide bonds. The summed E-state index contributed by atoms with van der Waals surface area (Å²) >= 11 is 0. The van der Waals surface area contributed by atoms with Gasteiger partial charge in [-0.3, -0.25) is 18.2 Å². The topological polar surface area (TPSA) is 386 Å². The van der Waals surface area contributed by atoms with Crippen LogP contribution in [0.5, 0.6) is 28.7 Å². The number of nitrogens with zero attached hydrogens (tertiary/aromatic N) is 8. The molecule has 8 aromatic carbocycles. The normalized spacial score (nSPS) is 12.6. The van der Waals surface area contributed by atoms with Gasteiger partial charge in [0.1, 0.15) is 60.4 Å². The molecule has 0 heterocycles. The largest absolute Gasteiger partial charge is 0.505 e. The van der Waals surface area contributed by atoms with Gasteiger partial charge in [-0.2, -0.15) is 54.1 Å². The highest BCUT2D eigenvalue weighted by molar-refractivity contribution is 7.87. The number of benzene rings is 8. The van der Waals surface area contributed by atoms with Gasteiger partial charge in [-0.1, -0.05) is 0 Å². The number of hydrogen-bond acceptors (Lipinski definition) is 22. The van der Waals surface area contributed by atoms with Gasteiger partial charge in [-0.15, -0.1) is 20.5 Å². The van der Waals surface area contributed by atoms with Crippen molar-refractivity contribution in [3.05, 3.63) is 127 Å². The average molecular weight is 1160 g/mol. The van der Waals surface area contributed by atoms with Crippen LogP contribution < -0.4 is 24.3 Å². The minimum Gasteiger partial charge on any atom is -0.505 e. The molecule has 26 nitrogen and oxygen atoms in total. The minimum atomic E-state index is -5.26. The highest BCUT2D eigenvalue weighted by Crippen LogP contribution is 2.46. The summed E-state index contributed by atoms with van der Waals surface area (Å²) in [6.07, 6.45) is 0. The Morgan fingerprint density at radius 3 is 1.48 bits per heavy atom. The van der Waals surface area contributed by atoms with Crippen LogP contribution in [0.2, 0.25) is 0 Å². The van der Waals surface area contributed by atoms with E-state index in [1.807, 2.05) is 0 Å². The lowest BCUT2D eigenvalue weighted by Gasteiger charge is -2.12. The highest BCUT2D eigenvalue weighted by atomic mass is 32.2. The zero-order valence-corrected chi connectivity index (χ0v) is 44.7. The SMILES string of the molecule is COc1ccc(Nc2ccc3c(O)c(N=Nc4cc(OC)c(N=Nc5ccc(N=Nc6ccc(N=Nc7cc(S(=O)(=O)O)c8cc(S(=O)(=O)O)cc(S(=O)(=O)O)c8c7)c(OC)c6)c(C)c5)cc4OC)c(S(=O)(=O)O)cc3c2)cc1. The molecule has 0 spiro atoms. The predicted molar refractivity (Wildman–Crippen MR) is 286 cm³/mol. The van der Waals surface area contributed by atoms with E-state index in [4.69, 9.17) is 18.9 Å². The van der Waals surface area contributed by atoms with Crippen LogP contribution >= 0.6 is 0 Å². The van der Waals surface area contributed by atoms with Gasteiger partial charge in [0.15, 0.2) is 5.75 Å². The zero-order valence-electron chi connectivity index (χ0n) is 41.4. The molecule has 0 aliphatic heterocycles. The van der Waals surface area contributed by atoms with Crippen molar-refractivity contribution >= 4 is 119 Å². The Labute approximate surface area is 449 Å². The fourth-order valence-corrected chi connectivity index (χ4v) is 10.3. The van der Waals surface area contributed by atoms with E-state index in [2.05, 4.69) is 46.2 Å². The Hall–Kier alpha value is -8.88. The molecule has 0 unspecified atom stereocenters. The molecular formula is C49H41N9O17S4. The first-order valence-electron chi connectivity index (χ1n) is 22.2. The monoisotopic (exact) mass is 1160 g/mol. The van der Waals surface area contributed by atoms with Crippen LogP contribution in [0.3, 0.4) is 0 Å². The number of phenols is 1. The molecule has 6 N–H and O–H groups in total. The number of methoxy groups -OCH3 is 4. The van der Waals surface area contributed by atoms with Gasteiger partial charge in [0.05, 0.1) is 56.1 Å². The number of rotatable bonds is 18. The van der Waals surface area contributed by atoms with E-state index in [0.717, 1.165) is 18.2 Å². The third-order valence-electron chi connectivity index (χ3n) is 11.4. The standard InChI is InChI=1S/C49H41N9O17S4/c1-26-16-30(9-14-38(26)54-52-31-10-15-39(42(20-31)73-3)55-53-32-19-36-37(45(21-32)77(63,64)65)22-34(76(60,61)62)23-46(36)78(66,67)68)51-56-40-24-44(75-5)41(25-43(40)74-4)57-58-48-47(79(69,70)71)18-27-17-29(8-13-35(27)49(48)59)50-28-6-11-33(72-2)12-7-28/h6-25,50,59H,1-5H3,(H,60,61,62)(H,63,64,65)(H,66,67,68)(H,69,70,71). The van der Waals surface area contributed by atoms with E-state index in [1.165, 1.54) is 51.7 Å². The Bertz CT molecular complexity index is 4370. The molecule has 0 aliphatic rings. The fraction of sp³-hybridized carbons (Fsp3) is 0.102. The Morgan fingerprint density at radius 1 is 0.405 bits per heavy atom. The summed E-state index contributed by atoms with van der Waals surface area (Å²) in [5.74, 6) is 0.412. The van der Waals surface area contributed by atoms with Crippen molar-refractivity contribution < 1.29 is 75.9 Å². The Balaban J connectivity index is 1.00. The van der Waals surface area contributed by atoms with Crippen LogP contribution in [0.15, 0.2) is 182 Å². The van der Waals surface area contributed by atoms with E-state index < -0.39 is 82.3 Å². The molecule has 79 heavy (non-hydrogen) atoms. The number of phenolic OH excluding ortho intramolecular Hbond substituents is 1. The molecule has 0 aromatic heterocycles. The molecule has 8 rings (SSSR count). The highest BCUT2D eigenvalue weighted by Gasteiger charge is 2.27. The number of azo groups is 4. The Morgan fingerprint density at radius 2 is 0.911 bits per heavy atom. The third kappa shape index (κ3) is 12.8. The molecule has 0 saturated carbocycles. The van der Waals surface area contributed by atoms with E-state index >= 15 is 0 Å². The molecule has 0 radical (unpaired) electrons. The zero-order chi connectivity index (χ0) is 57.2. The number of ether oxygens (including phenoxy) is 4. The van der Waals surface area contributed by atoms with E-state index in [0.29, 0.717) is 46.2 Å². The van der Waals surface area contributed by atoms with Crippen molar-refractivity contribution in [2.75, 3.05) is 33.8 Å². The summed E-state index contributed by atoms with van der Waals surface area (Å²) in [5, 5.41) is 47.2. The summed E-state index contributed by atoms with van der Waals surface area (Å²) in [6, 6.07) is 27.8. The van der Waals surface area contributed by atoms with Crippen LogP contribution in [0, 0.1) is 6.92 Å². The van der Waals surface area contributed by atoms with Crippen molar-refractivity contribution in [3.63, 3.8) is 0 Å². The van der Waals surface area contributed by atoms with E-state index in [1.54, 1.807) is 74.7 Å². The maximum atomic E-state index is 12.7. The van der Waals surface area contributed by atoms with Crippen LogP contribution in [0.1, 0.15) is 5.56 Å². The number of anilines is 2. The summed E-state index contributed by atoms with van der Waals surface area (Å²) in [6.45, 7) is 1.74. The van der Waals surface area contributed by atoms with Crippen LogP contribution in [-0.4, -0.2) is 85.4 Å². The molecule has 0 bridgehead atoms. The van der Waals surface area contributed by atoms with Gasteiger partial charge in [0, 0.05) is 45.7 Å². The van der Waals surface area contributed by atoms with Crippen molar-refractivity contribution in [1.29, 1.82) is 0 Å². The van der Waals surface area contributed by atoms with E-state index in [-0.39, 0.29) is 56.5 Å². The van der Waals surface area contributed by atoms with Crippen LogP contribution in [0.4, 0.5) is 56.9 Å². The fourth-order valence-electron chi connectivity index (χ4n) is 7.64. The first-order chi connectivity index (χ1) is 37.3. The number of hydrogen-bond donors (Lipinski definition) is 6. The maximum Gasteiger partial charge on any atom is 0.296 e. The van der Waals surface area contributed by atoms with Gasteiger partial charge in [-0.05, 0) is 121 Å². The molecular weight excluding hydrogens is 1110 g/mol. The van der Waals surface area contributed by atoms with Crippen molar-refractivity contribution in [2.24, 2.45) is 40.9 Å².